The van der Waals surface area contributed by atoms with E-state index in [1.54, 1.807) is 0 Å². The molecule has 1 fully saturated rings. The molecule has 24 heavy (non-hydrogen) atoms. The predicted octanol–water partition coefficient (Wildman–Crippen LogP) is 2.08. The zero-order valence-electron chi connectivity index (χ0n) is 12.7. The van der Waals surface area contributed by atoms with E-state index >= 15 is 0 Å². The Hall–Kier alpha value is -2.07. The summed E-state index contributed by atoms with van der Waals surface area (Å²) in [5.41, 5.74) is -0.792. The van der Waals surface area contributed by atoms with Crippen LogP contribution in [0.5, 0.6) is 17.2 Å². The van der Waals surface area contributed by atoms with Gasteiger partial charge in [0.15, 0.2) is 11.3 Å². The molecule has 0 bridgehead atoms. The minimum Gasteiger partial charge on any atom is -0.483 e. The van der Waals surface area contributed by atoms with Gasteiger partial charge in [0, 0.05) is 6.42 Å². The number of methoxy groups -OCH3 is 1. The van der Waals surface area contributed by atoms with E-state index < -0.39 is 16.6 Å². The van der Waals surface area contributed by atoms with Crippen molar-refractivity contribution >= 4 is 27.6 Å². The van der Waals surface area contributed by atoms with Gasteiger partial charge in [-0.25, -0.2) is 4.79 Å². The number of ether oxygens (including phenoxy) is 5. The van der Waals surface area contributed by atoms with E-state index in [2.05, 4.69) is 20.7 Å². The van der Waals surface area contributed by atoms with Crippen molar-refractivity contribution in [2.45, 2.75) is 12.5 Å². The number of benzene rings is 1. The molecule has 9 nitrogen and oxygen atoms in total. The molecule has 0 unspecified atom stereocenters. The highest BCUT2D eigenvalue weighted by atomic mass is 79.9. The van der Waals surface area contributed by atoms with E-state index in [-0.39, 0.29) is 46.6 Å². The number of fused-ring (bicyclic) bond motifs is 1. The molecule has 2 heterocycles. The van der Waals surface area contributed by atoms with Crippen molar-refractivity contribution in [3.05, 3.63) is 20.2 Å². The van der Waals surface area contributed by atoms with Gasteiger partial charge in [0.2, 0.25) is 11.5 Å². The van der Waals surface area contributed by atoms with Crippen molar-refractivity contribution in [1.29, 1.82) is 0 Å². The van der Waals surface area contributed by atoms with Crippen LogP contribution < -0.4 is 14.2 Å². The van der Waals surface area contributed by atoms with Crippen molar-refractivity contribution in [3.63, 3.8) is 0 Å². The van der Waals surface area contributed by atoms with Gasteiger partial charge in [-0.1, -0.05) is 0 Å². The molecule has 2 aliphatic rings. The van der Waals surface area contributed by atoms with Gasteiger partial charge in [-0.15, -0.1) is 0 Å². The quantitative estimate of drug-likeness (QED) is 0.427. The highest BCUT2D eigenvalue weighted by Crippen LogP contribution is 2.53. The second-order valence-electron chi connectivity index (χ2n) is 5.07. The van der Waals surface area contributed by atoms with E-state index in [1.165, 1.54) is 0 Å². The van der Waals surface area contributed by atoms with Gasteiger partial charge in [0.25, 0.3) is 0 Å². The largest absolute Gasteiger partial charge is 0.483 e. The van der Waals surface area contributed by atoms with Gasteiger partial charge in [-0.3, -0.25) is 10.1 Å². The Balaban J connectivity index is 2.20. The molecule has 0 radical (unpaired) electrons. The Morgan fingerprint density at radius 3 is 2.58 bits per heavy atom. The number of nitro benzene ring substituents is 1. The van der Waals surface area contributed by atoms with Crippen molar-refractivity contribution < 1.29 is 33.4 Å². The van der Waals surface area contributed by atoms with Crippen LogP contribution in [-0.4, -0.2) is 50.5 Å². The van der Waals surface area contributed by atoms with Crippen molar-refractivity contribution in [2.75, 3.05) is 33.5 Å². The SMILES string of the molecule is COC(=O)c1c(Br)c(O[C@H]2CCOC2)c2c(c1[N+](=O)[O-])OCCO2. The number of halogens is 1. The fraction of sp³-hybridized carbons (Fsp3) is 0.500. The van der Waals surface area contributed by atoms with E-state index in [1.807, 2.05) is 0 Å². The highest BCUT2D eigenvalue weighted by Gasteiger charge is 2.39. The number of rotatable bonds is 4. The summed E-state index contributed by atoms with van der Waals surface area (Å²) in [5, 5.41) is 11.5. The number of carbonyl (C=O) groups is 1. The smallest absolute Gasteiger partial charge is 0.346 e. The molecular weight excluding hydrogens is 390 g/mol. The van der Waals surface area contributed by atoms with E-state index in [9.17, 15) is 14.9 Å². The topological polar surface area (TPSA) is 106 Å². The average Bonchev–Trinajstić information content (AvgIpc) is 3.09. The zero-order chi connectivity index (χ0) is 17.3. The zero-order valence-corrected chi connectivity index (χ0v) is 14.3. The maximum absolute atomic E-state index is 12.1. The lowest BCUT2D eigenvalue weighted by Crippen LogP contribution is -2.22. The maximum Gasteiger partial charge on any atom is 0.346 e. The summed E-state index contributed by atoms with van der Waals surface area (Å²) in [6.07, 6.45) is 0.412. The number of hydrogen-bond donors (Lipinski definition) is 0. The number of nitro groups is 1. The lowest BCUT2D eigenvalue weighted by Gasteiger charge is -2.24. The van der Waals surface area contributed by atoms with E-state index in [4.69, 9.17) is 18.9 Å². The summed E-state index contributed by atoms with van der Waals surface area (Å²) in [5.74, 6) is -0.743. The van der Waals surface area contributed by atoms with Crippen LogP contribution in [0.1, 0.15) is 16.8 Å². The first kappa shape index (κ1) is 16.8. The number of esters is 1. The Kier molecular flexibility index (Phi) is 4.76. The van der Waals surface area contributed by atoms with Gasteiger partial charge < -0.3 is 23.7 Å². The Morgan fingerprint density at radius 2 is 2.00 bits per heavy atom. The Morgan fingerprint density at radius 1 is 1.29 bits per heavy atom. The summed E-state index contributed by atoms with van der Waals surface area (Å²) in [6.45, 7) is 1.28. The van der Waals surface area contributed by atoms with Gasteiger partial charge >= 0.3 is 11.7 Å². The third-order valence-electron chi connectivity index (χ3n) is 3.60. The molecule has 130 valence electrons. The average molecular weight is 404 g/mol. The highest BCUT2D eigenvalue weighted by molar-refractivity contribution is 9.10. The standard InChI is InChI=1S/C14H14BrNO8/c1-20-14(17)8-9(15)11(24-7-2-3-21-6-7)13-12(10(8)16(18)19)22-4-5-23-13/h7H,2-6H2,1H3/t7-/m0/s1. The van der Waals surface area contributed by atoms with Crippen LogP contribution in [-0.2, 0) is 9.47 Å². The van der Waals surface area contributed by atoms with Gasteiger partial charge in [0.05, 0.1) is 29.7 Å². The number of carbonyl (C=O) groups excluding carboxylic acids is 1. The second kappa shape index (κ2) is 6.81. The fourth-order valence-electron chi connectivity index (χ4n) is 2.53. The molecule has 1 atom stereocenters. The minimum absolute atomic E-state index is 0.0946. The first-order valence-electron chi connectivity index (χ1n) is 7.16. The molecule has 0 saturated carbocycles. The van der Waals surface area contributed by atoms with Crippen LogP contribution in [0.15, 0.2) is 4.47 Å². The summed E-state index contributed by atoms with van der Waals surface area (Å²) < 4.78 is 26.8. The third-order valence-corrected chi connectivity index (χ3v) is 4.36. The van der Waals surface area contributed by atoms with Crippen molar-refractivity contribution in [3.8, 4) is 17.2 Å². The molecule has 0 N–H and O–H groups in total. The van der Waals surface area contributed by atoms with Gasteiger partial charge in [0.1, 0.15) is 19.3 Å². The Labute approximate surface area is 145 Å². The molecule has 0 aromatic heterocycles. The first-order valence-corrected chi connectivity index (χ1v) is 7.96. The molecule has 3 rings (SSSR count). The Bertz CT molecular complexity index is 686. The van der Waals surface area contributed by atoms with Crippen LogP contribution in [0.4, 0.5) is 5.69 Å². The molecule has 10 heteroatoms. The minimum atomic E-state index is -0.877. The predicted molar refractivity (Wildman–Crippen MR) is 83.0 cm³/mol. The lowest BCUT2D eigenvalue weighted by atomic mass is 10.1. The lowest BCUT2D eigenvalue weighted by molar-refractivity contribution is -0.386. The van der Waals surface area contributed by atoms with Crippen LogP contribution in [0.3, 0.4) is 0 Å². The number of hydrogen-bond acceptors (Lipinski definition) is 8. The molecule has 0 amide bonds. The maximum atomic E-state index is 12.1. The molecular formula is C14H14BrNO8. The fourth-order valence-corrected chi connectivity index (χ4v) is 3.16. The molecule has 1 aromatic carbocycles. The van der Waals surface area contributed by atoms with Gasteiger partial charge in [-0.2, -0.15) is 0 Å². The van der Waals surface area contributed by atoms with Crippen LogP contribution in [0.25, 0.3) is 0 Å². The summed E-state index contributed by atoms with van der Waals surface area (Å²) in [7, 11) is 1.14. The van der Waals surface area contributed by atoms with E-state index in [0.29, 0.717) is 19.6 Å². The summed E-state index contributed by atoms with van der Waals surface area (Å²) >= 11 is 3.22. The molecule has 2 aliphatic heterocycles. The third kappa shape index (κ3) is 2.86. The number of nitrogens with zero attached hydrogens (tertiary/aromatic N) is 1. The monoisotopic (exact) mass is 403 g/mol. The van der Waals surface area contributed by atoms with Crippen molar-refractivity contribution in [1.82, 2.24) is 0 Å². The molecule has 0 aliphatic carbocycles. The summed E-state index contributed by atoms with van der Waals surface area (Å²) in [6, 6.07) is 0. The molecule has 1 aromatic rings. The normalized spacial score (nSPS) is 19.0. The summed E-state index contributed by atoms with van der Waals surface area (Å²) in [4.78, 5) is 22.9. The van der Waals surface area contributed by atoms with Crippen LogP contribution in [0.2, 0.25) is 0 Å². The van der Waals surface area contributed by atoms with Crippen LogP contribution in [0, 0.1) is 10.1 Å². The van der Waals surface area contributed by atoms with Gasteiger partial charge in [-0.05, 0) is 15.9 Å². The van der Waals surface area contributed by atoms with Crippen LogP contribution >= 0.6 is 15.9 Å². The first-order chi connectivity index (χ1) is 11.5. The molecule has 1 saturated heterocycles. The van der Waals surface area contributed by atoms with E-state index in [0.717, 1.165) is 7.11 Å². The van der Waals surface area contributed by atoms with Crippen molar-refractivity contribution in [2.24, 2.45) is 0 Å². The second-order valence-corrected chi connectivity index (χ2v) is 5.87. The molecule has 0 spiro atoms.